The highest BCUT2D eigenvalue weighted by Crippen LogP contribution is 2.28. The Bertz CT molecular complexity index is 1260. The third kappa shape index (κ3) is 6.11. The molecular formula is C27H25N3O7. The molecule has 1 fully saturated rings. The summed E-state index contributed by atoms with van der Waals surface area (Å²) in [6.45, 7) is 2.25. The maximum absolute atomic E-state index is 12.6. The zero-order valence-corrected chi connectivity index (χ0v) is 20.0. The van der Waals surface area contributed by atoms with Crippen molar-refractivity contribution in [3.63, 3.8) is 0 Å². The van der Waals surface area contributed by atoms with E-state index in [2.05, 4.69) is 16.0 Å². The average Bonchev–Trinajstić information content (AvgIpc) is 2.89. The van der Waals surface area contributed by atoms with Crippen molar-refractivity contribution in [2.24, 2.45) is 0 Å². The number of anilines is 1. The number of rotatable bonds is 10. The number of carbonyl (C=O) groups is 4. The second-order valence-electron chi connectivity index (χ2n) is 8.03. The van der Waals surface area contributed by atoms with Gasteiger partial charge in [0.05, 0.1) is 6.61 Å². The topological polar surface area (TPSA) is 132 Å². The van der Waals surface area contributed by atoms with Gasteiger partial charge in [-0.25, -0.2) is 4.79 Å². The Morgan fingerprint density at radius 3 is 1.97 bits per heavy atom. The van der Waals surface area contributed by atoms with Crippen molar-refractivity contribution in [3.05, 3.63) is 84.4 Å². The van der Waals surface area contributed by atoms with Crippen LogP contribution < -0.4 is 25.4 Å². The van der Waals surface area contributed by atoms with Gasteiger partial charge >= 0.3 is 6.03 Å². The van der Waals surface area contributed by atoms with Gasteiger partial charge in [-0.05, 0) is 67.6 Å². The lowest BCUT2D eigenvalue weighted by atomic mass is 9.95. The second-order valence-corrected chi connectivity index (χ2v) is 8.03. The lowest BCUT2D eigenvalue weighted by Crippen LogP contribution is -2.69. The van der Waals surface area contributed by atoms with Crippen LogP contribution >= 0.6 is 0 Å². The van der Waals surface area contributed by atoms with Gasteiger partial charge in [-0.2, -0.15) is 0 Å². The highest BCUT2D eigenvalue weighted by Gasteiger charge is 2.52. The lowest BCUT2D eigenvalue weighted by Gasteiger charge is -2.34. The lowest BCUT2D eigenvalue weighted by molar-refractivity contribution is -0.153. The SMILES string of the molecule is CCOCCC1(Oc2ccc(Oc3ccc(C(=O)Nc4ccccc4)cc3)cc2)C(=O)NC(=O)NC1=O. The molecular weight excluding hydrogens is 478 g/mol. The van der Waals surface area contributed by atoms with Gasteiger partial charge in [-0.1, -0.05) is 18.2 Å². The van der Waals surface area contributed by atoms with E-state index in [1.165, 1.54) is 12.1 Å². The Morgan fingerprint density at radius 1 is 0.811 bits per heavy atom. The quantitative estimate of drug-likeness (QED) is 0.284. The van der Waals surface area contributed by atoms with Crippen LogP contribution in [0.15, 0.2) is 78.9 Å². The van der Waals surface area contributed by atoms with Crippen molar-refractivity contribution in [3.8, 4) is 17.2 Å². The fraction of sp³-hybridized carbons (Fsp3) is 0.185. The van der Waals surface area contributed by atoms with Crippen molar-refractivity contribution >= 4 is 29.4 Å². The van der Waals surface area contributed by atoms with E-state index in [0.29, 0.717) is 29.4 Å². The maximum Gasteiger partial charge on any atom is 0.328 e. The minimum absolute atomic E-state index is 0.0755. The Morgan fingerprint density at radius 2 is 1.38 bits per heavy atom. The van der Waals surface area contributed by atoms with Crippen LogP contribution in [-0.4, -0.2) is 42.6 Å². The fourth-order valence-electron chi connectivity index (χ4n) is 3.59. The van der Waals surface area contributed by atoms with Crippen molar-refractivity contribution < 1.29 is 33.4 Å². The normalized spacial score (nSPS) is 14.4. The number of barbiturate groups is 1. The van der Waals surface area contributed by atoms with Crippen LogP contribution in [0.1, 0.15) is 23.7 Å². The van der Waals surface area contributed by atoms with Crippen molar-refractivity contribution in [1.29, 1.82) is 0 Å². The Hall–Kier alpha value is -4.70. The van der Waals surface area contributed by atoms with E-state index in [4.69, 9.17) is 14.2 Å². The van der Waals surface area contributed by atoms with Crippen molar-refractivity contribution in [2.45, 2.75) is 18.9 Å². The molecule has 0 radical (unpaired) electrons. The van der Waals surface area contributed by atoms with Crippen LogP contribution in [0.25, 0.3) is 0 Å². The van der Waals surface area contributed by atoms with Crippen LogP contribution in [0.4, 0.5) is 10.5 Å². The molecule has 0 aromatic heterocycles. The molecule has 3 aromatic carbocycles. The molecule has 1 saturated heterocycles. The highest BCUT2D eigenvalue weighted by atomic mass is 16.5. The summed E-state index contributed by atoms with van der Waals surface area (Å²) in [5.74, 6) is -0.783. The Labute approximate surface area is 212 Å². The molecule has 190 valence electrons. The van der Waals surface area contributed by atoms with E-state index in [1.54, 1.807) is 55.5 Å². The molecule has 0 atom stereocenters. The Balaban J connectivity index is 1.41. The van der Waals surface area contributed by atoms with Crippen LogP contribution in [0.3, 0.4) is 0 Å². The van der Waals surface area contributed by atoms with Gasteiger partial charge in [0.25, 0.3) is 23.3 Å². The zero-order valence-electron chi connectivity index (χ0n) is 20.0. The van der Waals surface area contributed by atoms with E-state index in [9.17, 15) is 19.2 Å². The largest absolute Gasteiger partial charge is 0.467 e. The van der Waals surface area contributed by atoms with Crippen LogP contribution in [0, 0.1) is 0 Å². The first-order chi connectivity index (χ1) is 17.9. The fourth-order valence-corrected chi connectivity index (χ4v) is 3.59. The Kier molecular flexibility index (Phi) is 7.80. The highest BCUT2D eigenvalue weighted by molar-refractivity contribution is 6.21. The van der Waals surface area contributed by atoms with E-state index in [0.717, 1.165) is 0 Å². The number of amides is 5. The molecule has 1 heterocycles. The molecule has 10 nitrogen and oxygen atoms in total. The first-order valence-corrected chi connectivity index (χ1v) is 11.6. The summed E-state index contributed by atoms with van der Waals surface area (Å²) < 4.78 is 16.9. The van der Waals surface area contributed by atoms with Crippen molar-refractivity contribution in [2.75, 3.05) is 18.5 Å². The molecule has 37 heavy (non-hydrogen) atoms. The molecule has 1 aliphatic rings. The number of urea groups is 1. The molecule has 1 aliphatic heterocycles. The molecule has 0 bridgehead atoms. The predicted molar refractivity (Wildman–Crippen MR) is 134 cm³/mol. The van der Waals surface area contributed by atoms with Gasteiger partial charge in [0.1, 0.15) is 17.2 Å². The number of hydrogen-bond acceptors (Lipinski definition) is 7. The van der Waals surface area contributed by atoms with Gasteiger partial charge in [-0.3, -0.25) is 25.0 Å². The average molecular weight is 504 g/mol. The standard InChI is InChI=1S/C27H25N3O7/c1-2-35-17-16-27(24(32)29-26(34)30-25(27)33)37-22-14-12-21(13-15-22)36-20-10-8-18(9-11-20)23(31)28-19-6-4-3-5-7-19/h3-15H,2,16-17H2,1H3,(H,28,31)(H2,29,30,32,33,34). The molecule has 0 saturated carbocycles. The number of carbonyl (C=O) groups excluding carboxylic acids is 4. The monoisotopic (exact) mass is 503 g/mol. The van der Waals surface area contributed by atoms with Gasteiger partial charge in [0.2, 0.25) is 0 Å². The number of nitrogens with one attached hydrogen (secondary N) is 3. The second kappa shape index (κ2) is 11.4. The number of benzene rings is 3. The minimum Gasteiger partial charge on any atom is -0.467 e. The van der Waals surface area contributed by atoms with Gasteiger partial charge in [0, 0.05) is 24.3 Å². The number of ether oxygens (including phenoxy) is 3. The first-order valence-electron chi connectivity index (χ1n) is 11.6. The number of imide groups is 2. The van der Waals surface area contributed by atoms with E-state index in [1.807, 2.05) is 18.2 Å². The maximum atomic E-state index is 12.6. The third-order valence-corrected chi connectivity index (χ3v) is 5.49. The van der Waals surface area contributed by atoms with E-state index < -0.39 is 23.4 Å². The molecule has 10 heteroatoms. The summed E-state index contributed by atoms with van der Waals surface area (Å²) >= 11 is 0. The molecule has 0 aliphatic carbocycles. The minimum atomic E-state index is -1.96. The predicted octanol–water partition coefficient (Wildman–Crippen LogP) is 3.64. The van der Waals surface area contributed by atoms with Crippen molar-refractivity contribution in [1.82, 2.24) is 10.6 Å². The van der Waals surface area contributed by atoms with Gasteiger partial charge in [0.15, 0.2) is 0 Å². The summed E-state index contributed by atoms with van der Waals surface area (Å²) in [6, 6.07) is 21.2. The zero-order chi connectivity index (χ0) is 26.3. The third-order valence-electron chi connectivity index (χ3n) is 5.49. The van der Waals surface area contributed by atoms with Gasteiger partial charge < -0.3 is 19.5 Å². The van der Waals surface area contributed by atoms with E-state index in [-0.39, 0.29) is 24.7 Å². The summed E-state index contributed by atoms with van der Waals surface area (Å²) in [6.07, 6.45) is -0.0891. The molecule has 3 N–H and O–H groups in total. The smallest absolute Gasteiger partial charge is 0.328 e. The summed E-state index contributed by atoms with van der Waals surface area (Å²) in [7, 11) is 0. The number of para-hydroxylation sites is 1. The molecule has 4 rings (SSSR count). The molecule has 0 spiro atoms. The molecule has 0 unspecified atom stereocenters. The summed E-state index contributed by atoms with van der Waals surface area (Å²) in [4.78, 5) is 49.1. The summed E-state index contributed by atoms with van der Waals surface area (Å²) in [5, 5.41) is 6.97. The number of hydrogen-bond donors (Lipinski definition) is 3. The first kappa shape index (κ1) is 25.4. The van der Waals surface area contributed by atoms with Crippen LogP contribution in [-0.2, 0) is 14.3 Å². The van der Waals surface area contributed by atoms with E-state index >= 15 is 0 Å². The van der Waals surface area contributed by atoms with Crippen LogP contribution in [0.5, 0.6) is 17.2 Å². The summed E-state index contributed by atoms with van der Waals surface area (Å²) in [5.41, 5.74) is -0.786. The van der Waals surface area contributed by atoms with Gasteiger partial charge in [-0.15, -0.1) is 0 Å². The molecule has 3 aromatic rings. The molecule has 5 amide bonds. The van der Waals surface area contributed by atoms with Crippen LogP contribution in [0.2, 0.25) is 0 Å².